The van der Waals surface area contributed by atoms with E-state index in [-0.39, 0.29) is 11.2 Å². The van der Waals surface area contributed by atoms with Crippen molar-refractivity contribution in [1.82, 2.24) is 18.7 Å². The maximum atomic E-state index is 12.7. The first-order valence-corrected chi connectivity index (χ1v) is 9.93. The first-order valence-electron chi connectivity index (χ1n) is 9.93. The van der Waals surface area contributed by atoms with Crippen molar-refractivity contribution in [3.05, 3.63) is 20.8 Å². The van der Waals surface area contributed by atoms with Gasteiger partial charge in [-0.2, -0.15) is 10.1 Å². The van der Waals surface area contributed by atoms with Gasteiger partial charge in [-0.05, 0) is 13.3 Å². The van der Waals surface area contributed by atoms with Crippen molar-refractivity contribution in [2.24, 2.45) is 19.2 Å². The summed E-state index contributed by atoms with van der Waals surface area (Å²) >= 11 is 0. The molecule has 2 aromatic heterocycles. The minimum Gasteiger partial charge on any atom is -0.297 e. The zero-order chi connectivity index (χ0) is 19.6. The Morgan fingerprint density at radius 3 is 2.33 bits per heavy atom. The van der Waals surface area contributed by atoms with Crippen molar-refractivity contribution in [3.63, 3.8) is 0 Å². The SMILES string of the molecule is CCCCCCCCCN1N=C(C)Cn2c1nc1c2c(=O)n(C)c(=O)n1C. The maximum Gasteiger partial charge on any atom is 0.332 e. The van der Waals surface area contributed by atoms with Crippen molar-refractivity contribution in [1.29, 1.82) is 0 Å². The molecule has 27 heavy (non-hydrogen) atoms. The second kappa shape index (κ2) is 8.10. The molecule has 0 aromatic carbocycles. The summed E-state index contributed by atoms with van der Waals surface area (Å²) < 4.78 is 4.46. The molecule has 0 saturated heterocycles. The fourth-order valence-corrected chi connectivity index (χ4v) is 3.66. The van der Waals surface area contributed by atoms with E-state index < -0.39 is 0 Å². The van der Waals surface area contributed by atoms with Gasteiger partial charge in [0.15, 0.2) is 11.2 Å². The Hall–Kier alpha value is -2.38. The van der Waals surface area contributed by atoms with Gasteiger partial charge in [0, 0.05) is 20.6 Å². The number of aryl methyl sites for hydroxylation is 1. The molecule has 0 fully saturated rings. The molecule has 2 aromatic rings. The van der Waals surface area contributed by atoms with Crippen LogP contribution in [0.3, 0.4) is 0 Å². The lowest BCUT2D eigenvalue weighted by molar-refractivity contribution is 0.579. The van der Waals surface area contributed by atoms with Crippen molar-refractivity contribution in [3.8, 4) is 0 Å². The average molecular weight is 374 g/mol. The number of anilines is 1. The maximum absolute atomic E-state index is 12.7. The molecular formula is C19H30N6O2. The summed E-state index contributed by atoms with van der Waals surface area (Å²) in [6, 6.07) is 0. The molecule has 8 heteroatoms. The third kappa shape index (κ3) is 3.70. The molecule has 0 spiro atoms. The van der Waals surface area contributed by atoms with Crippen LogP contribution < -0.4 is 16.3 Å². The highest BCUT2D eigenvalue weighted by Gasteiger charge is 2.25. The minimum absolute atomic E-state index is 0.308. The molecule has 0 amide bonds. The molecule has 3 rings (SSSR count). The predicted octanol–water partition coefficient (Wildman–Crippen LogP) is 2.38. The summed E-state index contributed by atoms with van der Waals surface area (Å²) in [6.45, 7) is 5.47. The van der Waals surface area contributed by atoms with Gasteiger partial charge in [0.2, 0.25) is 5.95 Å². The monoisotopic (exact) mass is 374 g/mol. The third-order valence-electron chi connectivity index (χ3n) is 5.21. The van der Waals surface area contributed by atoms with Gasteiger partial charge in [-0.1, -0.05) is 45.4 Å². The number of aromatic nitrogens is 4. The van der Waals surface area contributed by atoms with Crippen LogP contribution in [0.25, 0.3) is 11.2 Å². The topological polar surface area (TPSA) is 77.4 Å². The number of imidazole rings is 1. The Morgan fingerprint density at radius 1 is 0.963 bits per heavy atom. The second-order valence-corrected chi connectivity index (χ2v) is 7.46. The largest absolute Gasteiger partial charge is 0.332 e. The summed E-state index contributed by atoms with van der Waals surface area (Å²) in [6.07, 6.45) is 8.60. The fourth-order valence-electron chi connectivity index (χ4n) is 3.66. The van der Waals surface area contributed by atoms with Gasteiger partial charge in [0.05, 0.1) is 12.3 Å². The van der Waals surface area contributed by atoms with Crippen LogP contribution in [0.4, 0.5) is 5.95 Å². The van der Waals surface area contributed by atoms with Crippen LogP contribution in [0, 0.1) is 0 Å². The molecule has 8 nitrogen and oxygen atoms in total. The molecule has 0 aliphatic carbocycles. The molecule has 0 radical (unpaired) electrons. The van der Waals surface area contributed by atoms with E-state index in [9.17, 15) is 9.59 Å². The number of hydrogen-bond acceptors (Lipinski definition) is 5. The lowest BCUT2D eigenvalue weighted by Gasteiger charge is -2.24. The minimum atomic E-state index is -0.362. The number of hydrogen-bond donors (Lipinski definition) is 0. The van der Waals surface area contributed by atoms with Crippen LogP contribution >= 0.6 is 0 Å². The van der Waals surface area contributed by atoms with Crippen LogP contribution in [0.1, 0.15) is 58.8 Å². The first kappa shape index (κ1) is 19.4. The van der Waals surface area contributed by atoms with Crippen LogP contribution in [-0.4, -0.2) is 30.9 Å². The standard InChI is InChI=1S/C19H30N6O2/c1-5-6-7-8-9-10-11-12-25-18-20-16-15(24(18)13-14(2)21-25)17(26)23(4)19(27)22(16)3/h5-13H2,1-4H3. The van der Waals surface area contributed by atoms with E-state index in [2.05, 4.69) is 17.0 Å². The molecule has 0 saturated carbocycles. The predicted molar refractivity (Wildman–Crippen MR) is 109 cm³/mol. The van der Waals surface area contributed by atoms with E-state index >= 15 is 0 Å². The highest BCUT2D eigenvalue weighted by atomic mass is 16.2. The number of hydrazone groups is 1. The average Bonchev–Trinajstić information content (AvgIpc) is 3.03. The van der Waals surface area contributed by atoms with Crippen LogP contribution in [0.15, 0.2) is 14.7 Å². The Morgan fingerprint density at radius 2 is 1.63 bits per heavy atom. The van der Waals surface area contributed by atoms with Crippen molar-refractivity contribution in [2.45, 2.75) is 65.3 Å². The van der Waals surface area contributed by atoms with Gasteiger partial charge in [-0.15, -0.1) is 0 Å². The summed E-state index contributed by atoms with van der Waals surface area (Å²) in [5, 5.41) is 6.52. The third-order valence-corrected chi connectivity index (χ3v) is 5.21. The fraction of sp³-hybridized carbons (Fsp3) is 0.684. The summed E-state index contributed by atoms with van der Waals surface area (Å²) in [7, 11) is 3.15. The van der Waals surface area contributed by atoms with Crippen molar-refractivity contribution in [2.75, 3.05) is 11.6 Å². The summed E-state index contributed by atoms with van der Waals surface area (Å²) in [5.74, 6) is 0.653. The lowest BCUT2D eigenvalue weighted by Crippen LogP contribution is -2.38. The molecule has 1 aliphatic rings. The zero-order valence-electron chi connectivity index (χ0n) is 16.9. The molecule has 148 valence electrons. The summed E-state index contributed by atoms with van der Waals surface area (Å²) in [4.78, 5) is 29.5. The van der Waals surface area contributed by atoms with Crippen molar-refractivity contribution < 1.29 is 0 Å². The quantitative estimate of drug-likeness (QED) is 0.665. The molecule has 0 bridgehead atoms. The van der Waals surface area contributed by atoms with E-state index in [0.29, 0.717) is 23.7 Å². The van der Waals surface area contributed by atoms with Crippen LogP contribution in [0.2, 0.25) is 0 Å². The van der Waals surface area contributed by atoms with E-state index in [0.717, 1.165) is 29.7 Å². The highest BCUT2D eigenvalue weighted by molar-refractivity contribution is 5.87. The molecule has 3 heterocycles. The Kier molecular flexibility index (Phi) is 5.82. The first-order chi connectivity index (χ1) is 13.0. The zero-order valence-corrected chi connectivity index (χ0v) is 16.9. The summed E-state index contributed by atoms with van der Waals surface area (Å²) in [5.41, 5.74) is 1.15. The van der Waals surface area contributed by atoms with Crippen LogP contribution in [0.5, 0.6) is 0 Å². The molecule has 1 aliphatic heterocycles. The van der Waals surface area contributed by atoms with Gasteiger partial charge in [-0.3, -0.25) is 18.5 Å². The molecule has 0 unspecified atom stereocenters. The second-order valence-electron chi connectivity index (χ2n) is 7.46. The Bertz CT molecular complexity index is 965. The number of unbranched alkanes of at least 4 members (excludes halogenated alkanes) is 6. The Labute approximate surface area is 159 Å². The molecule has 0 N–H and O–H groups in total. The number of fused-ring (bicyclic) bond motifs is 3. The van der Waals surface area contributed by atoms with E-state index in [4.69, 9.17) is 0 Å². The number of rotatable bonds is 8. The lowest BCUT2D eigenvalue weighted by atomic mass is 10.1. The van der Waals surface area contributed by atoms with E-state index in [1.54, 1.807) is 7.05 Å². The van der Waals surface area contributed by atoms with Gasteiger partial charge in [0.1, 0.15) is 0 Å². The Balaban J connectivity index is 1.82. The van der Waals surface area contributed by atoms with E-state index in [1.165, 1.54) is 43.7 Å². The smallest absolute Gasteiger partial charge is 0.297 e. The van der Waals surface area contributed by atoms with Crippen LogP contribution in [-0.2, 0) is 20.6 Å². The van der Waals surface area contributed by atoms with E-state index in [1.807, 2.05) is 16.5 Å². The van der Waals surface area contributed by atoms with Gasteiger partial charge in [0.25, 0.3) is 5.56 Å². The van der Waals surface area contributed by atoms with Gasteiger partial charge in [-0.25, -0.2) is 9.80 Å². The normalized spacial score (nSPS) is 13.9. The molecule has 0 atom stereocenters. The molecular weight excluding hydrogens is 344 g/mol. The van der Waals surface area contributed by atoms with Crippen molar-refractivity contribution >= 4 is 22.8 Å². The number of nitrogens with zero attached hydrogens (tertiary/aromatic N) is 6. The van der Waals surface area contributed by atoms with Gasteiger partial charge >= 0.3 is 5.69 Å². The van der Waals surface area contributed by atoms with Gasteiger partial charge < -0.3 is 0 Å². The highest BCUT2D eigenvalue weighted by Crippen LogP contribution is 2.24.